The summed E-state index contributed by atoms with van der Waals surface area (Å²) in [5, 5.41) is 22.7. The van der Waals surface area contributed by atoms with Crippen LogP contribution < -0.4 is 15.2 Å². The molecular formula is C26H31N3O4. The van der Waals surface area contributed by atoms with Crippen molar-refractivity contribution in [3.8, 4) is 23.3 Å². The van der Waals surface area contributed by atoms with Gasteiger partial charge in [0.1, 0.15) is 18.1 Å². The van der Waals surface area contributed by atoms with Gasteiger partial charge in [-0.3, -0.25) is 4.57 Å². The Hall–Kier alpha value is -3.06. The Kier molecular flexibility index (Phi) is 4.83. The van der Waals surface area contributed by atoms with Crippen molar-refractivity contribution in [3.05, 3.63) is 47.7 Å². The van der Waals surface area contributed by atoms with Gasteiger partial charge in [0.2, 0.25) is 0 Å². The molecule has 0 saturated heterocycles. The molecule has 5 atom stereocenters. The second-order valence-corrected chi connectivity index (χ2v) is 9.76. The highest BCUT2D eigenvalue weighted by atomic mass is 16.5. The molecule has 4 aliphatic carbocycles. The quantitative estimate of drug-likeness (QED) is 0.287. The molecule has 5 N–H and O–H groups in total. The van der Waals surface area contributed by atoms with Gasteiger partial charge < -0.3 is 30.4 Å². The SMILES string of the molecule is COc1ccc2[nH]cc(OCC(N)CCCCn3c(O)c4c(c3O)C3C=CC4C4CC34)c2c1. The minimum absolute atomic E-state index is 0.0900. The van der Waals surface area contributed by atoms with Crippen molar-refractivity contribution in [2.75, 3.05) is 13.7 Å². The Morgan fingerprint density at radius 2 is 1.85 bits per heavy atom. The Morgan fingerprint density at radius 1 is 1.12 bits per heavy atom. The molecule has 2 aromatic heterocycles. The number of benzene rings is 1. The summed E-state index contributed by atoms with van der Waals surface area (Å²) in [6, 6.07) is 5.74. The second kappa shape index (κ2) is 7.76. The van der Waals surface area contributed by atoms with Gasteiger partial charge in [0.05, 0.1) is 7.11 Å². The van der Waals surface area contributed by atoms with E-state index in [-0.39, 0.29) is 29.6 Å². The lowest BCUT2D eigenvalue weighted by Gasteiger charge is -2.30. The van der Waals surface area contributed by atoms with Crippen LogP contribution in [0, 0.1) is 11.8 Å². The fourth-order valence-corrected chi connectivity index (χ4v) is 5.99. The number of nitrogens with two attached hydrogens (primary N) is 1. The van der Waals surface area contributed by atoms with Crippen LogP contribution in [0.4, 0.5) is 0 Å². The first-order valence-electron chi connectivity index (χ1n) is 11.9. The smallest absolute Gasteiger partial charge is 0.198 e. The number of H-pyrrole nitrogens is 1. The number of methoxy groups -OCH3 is 1. The third-order valence-electron chi connectivity index (χ3n) is 7.80. The number of hydrogen-bond donors (Lipinski definition) is 4. The van der Waals surface area contributed by atoms with Gasteiger partial charge in [-0.2, -0.15) is 0 Å². The molecule has 7 rings (SSSR count). The van der Waals surface area contributed by atoms with Crippen molar-refractivity contribution in [1.29, 1.82) is 0 Å². The van der Waals surface area contributed by atoms with Gasteiger partial charge in [0.25, 0.3) is 0 Å². The van der Waals surface area contributed by atoms with E-state index in [9.17, 15) is 10.2 Å². The van der Waals surface area contributed by atoms with Crippen molar-refractivity contribution < 1.29 is 19.7 Å². The standard InChI is InChI=1S/C26H31N3O4/c1-32-15-5-8-21-20(10-15)22(12-28-21)33-13-14(27)4-2-3-9-29-25(30)23-16-6-7-17(19-11-18(16)19)24(23)26(29)31/h5-8,10,12,14,16-19,28,30-31H,2-4,9,11,13,27H2,1H3. The van der Waals surface area contributed by atoms with Gasteiger partial charge >= 0.3 is 0 Å². The Balaban J connectivity index is 1.02. The monoisotopic (exact) mass is 449 g/mol. The number of aromatic hydroxyl groups is 2. The molecule has 7 nitrogen and oxygen atoms in total. The first kappa shape index (κ1) is 20.5. The van der Waals surface area contributed by atoms with Crippen LogP contribution in [0.25, 0.3) is 10.9 Å². The van der Waals surface area contributed by atoms with Crippen molar-refractivity contribution >= 4 is 10.9 Å². The van der Waals surface area contributed by atoms with Gasteiger partial charge in [0.15, 0.2) is 11.8 Å². The lowest BCUT2D eigenvalue weighted by Crippen LogP contribution is -2.27. The van der Waals surface area contributed by atoms with E-state index in [1.165, 1.54) is 6.42 Å². The molecule has 1 aromatic carbocycles. The molecule has 0 radical (unpaired) electrons. The van der Waals surface area contributed by atoms with E-state index in [1.54, 1.807) is 11.7 Å². The summed E-state index contributed by atoms with van der Waals surface area (Å²) in [5.41, 5.74) is 9.24. The first-order valence-corrected chi connectivity index (χ1v) is 11.9. The molecule has 33 heavy (non-hydrogen) atoms. The zero-order valence-corrected chi connectivity index (χ0v) is 18.8. The number of rotatable bonds is 9. The van der Waals surface area contributed by atoms with Crippen LogP contribution in [0.1, 0.15) is 48.6 Å². The van der Waals surface area contributed by atoms with E-state index in [0.29, 0.717) is 25.0 Å². The van der Waals surface area contributed by atoms with E-state index in [1.807, 2.05) is 24.4 Å². The zero-order chi connectivity index (χ0) is 22.7. The van der Waals surface area contributed by atoms with E-state index >= 15 is 0 Å². The van der Waals surface area contributed by atoms with Crippen LogP contribution >= 0.6 is 0 Å². The molecule has 2 heterocycles. The van der Waals surface area contributed by atoms with Crippen LogP contribution in [0.3, 0.4) is 0 Å². The van der Waals surface area contributed by atoms with Crippen LogP contribution in [0.2, 0.25) is 0 Å². The maximum atomic E-state index is 10.8. The van der Waals surface area contributed by atoms with Crippen LogP contribution in [0.15, 0.2) is 36.5 Å². The van der Waals surface area contributed by atoms with Crippen LogP contribution in [-0.2, 0) is 6.54 Å². The van der Waals surface area contributed by atoms with Crippen molar-refractivity contribution in [2.45, 2.75) is 50.1 Å². The van der Waals surface area contributed by atoms with Gasteiger partial charge in [-0.15, -0.1) is 0 Å². The third-order valence-corrected chi connectivity index (χ3v) is 7.80. The molecule has 2 bridgehead atoms. The molecule has 0 aliphatic heterocycles. The number of hydrogen-bond acceptors (Lipinski definition) is 5. The minimum Gasteiger partial charge on any atom is -0.497 e. The van der Waals surface area contributed by atoms with Crippen molar-refractivity contribution in [1.82, 2.24) is 9.55 Å². The molecule has 174 valence electrons. The van der Waals surface area contributed by atoms with Gasteiger partial charge in [-0.25, -0.2) is 0 Å². The topological polar surface area (TPSA) is 106 Å². The normalized spacial score (nSPS) is 25.2. The Labute approximate surface area is 192 Å². The van der Waals surface area contributed by atoms with Crippen molar-refractivity contribution in [3.63, 3.8) is 0 Å². The molecule has 0 spiro atoms. The predicted molar refractivity (Wildman–Crippen MR) is 126 cm³/mol. The molecule has 0 amide bonds. The molecule has 1 fully saturated rings. The molecule has 7 heteroatoms. The highest BCUT2D eigenvalue weighted by Gasteiger charge is 2.56. The summed E-state index contributed by atoms with van der Waals surface area (Å²) in [6.07, 6.45) is 10.1. The minimum atomic E-state index is -0.0900. The summed E-state index contributed by atoms with van der Waals surface area (Å²) >= 11 is 0. The lowest BCUT2D eigenvalue weighted by atomic mass is 9.73. The van der Waals surface area contributed by atoms with Crippen LogP contribution in [0.5, 0.6) is 23.3 Å². The first-order chi connectivity index (χ1) is 16.1. The molecule has 1 saturated carbocycles. The highest BCUT2D eigenvalue weighted by molar-refractivity contribution is 5.87. The van der Waals surface area contributed by atoms with E-state index in [0.717, 1.165) is 52.8 Å². The largest absolute Gasteiger partial charge is 0.497 e. The number of allylic oxidation sites excluding steroid dienone is 2. The number of aromatic nitrogens is 2. The number of nitrogens with one attached hydrogen (secondary N) is 1. The Bertz CT molecular complexity index is 1180. The summed E-state index contributed by atoms with van der Waals surface area (Å²) in [7, 11) is 1.65. The summed E-state index contributed by atoms with van der Waals surface area (Å²) < 4.78 is 13.0. The Morgan fingerprint density at radius 3 is 2.55 bits per heavy atom. The average Bonchev–Trinajstić information content (AvgIpc) is 3.51. The molecule has 4 aliphatic rings. The summed E-state index contributed by atoms with van der Waals surface area (Å²) in [6.45, 7) is 1.02. The fraction of sp³-hybridized carbons (Fsp3) is 0.462. The van der Waals surface area contributed by atoms with Crippen LogP contribution in [-0.4, -0.2) is 39.5 Å². The number of ether oxygens (including phenoxy) is 2. The number of fused-ring (bicyclic) bond motifs is 1. The molecule has 3 aromatic rings. The molecule has 5 unspecified atom stereocenters. The zero-order valence-electron chi connectivity index (χ0n) is 18.8. The number of nitrogens with zero attached hydrogens (tertiary/aromatic N) is 1. The molecular weight excluding hydrogens is 418 g/mol. The number of unbranched alkanes of at least 4 members (excludes halogenated alkanes) is 1. The lowest BCUT2D eigenvalue weighted by molar-refractivity contribution is 0.280. The average molecular weight is 450 g/mol. The van der Waals surface area contributed by atoms with Gasteiger partial charge in [-0.1, -0.05) is 18.6 Å². The summed E-state index contributed by atoms with van der Waals surface area (Å²) in [5.74, 6) is 3.94. The second-order valence-electron chi connectivity index (χ2n) is 9.76. The third kappa shape index (κ3) is 3.29. The highest BCUT2D eigenvalue weighted by Crippen LogP contribution is 2.67. The van der Waals surface area contributed by atoms with Gasteiger partial charge in [-0.05, 0) is 49.3 Å². The van der Waals surface area contributed by atoms with E-state index < -0.39 is 0 Å². The van der Waals surface area contributed by atoms with E-state index in [2.05, 4.69) is 17.1 Å². The van der Waals surface area contributed by atoms with Gasteiger partial charge in [0, 0.05) is 52.6 Å². The maximum absolute atomic E-state index is 10.8. The maximum Gasteiger partial charge on any atom is 0.198 e. The van der Waals surface area contributed by atoms with E-state index in [4.69, 9.17) is 15.2 Å². The number of aromatic amines is 1. The fourth-order valence-electron chi connectivity index (χ4n) is 5.99. The predicted octanol–water partition coefficient (Wildman–Crippen LogP) is 4.35. The summed E-state index contributed by atoms with van der Waals surface area (Å²) in [4.78, 5) is 3.20. The van der Waals surface area contributed by atoms with Crippen molar-refractivity contribution in [2.24, 2.45) is 17.6 Å².